The molecule has 3 aliphatic carbocycles. The van der Waals surface area contributed by atoms with Gasteiger partial charge < -0.3 is 4.74 Å². The highest BCUT2D eigenvalue weighted by atomic mass is 19.2. The summed E-state index contributed by atoms with van der Waals surface area (Å²) in [5, 5.41) is 0. The van der Waals surface area contributed by atoms with Crippen LogP contribution in [0.25, 0.3) is 0 Å². The molecule has 0 aromatic rings. The molecule has 23 heavy (non-hydrogen) atoms. The van der Waals surface area contributed by atoms with Crippen LogP contribution < -0.4 is 0 Å². The summed E-state index contributed by atoms with van der Waals surface area (Å²) in [4.78, 5) is 0. The van der Waals surface area contributed by atoms with Gasteiger partial charge in [0.25, 0.3) is 0 Å². The predicted molar refractivity (Wildman–Crippen MR) is 89.9 cm³/mol. The molecule has 4 atom stereocenters. The van der Waals surface area contributed by atoms with Crippen molar-refractivity contribution in [2.24, 2.45) is 23.7 Å². The first-order valence-corrected chi connectivity index (χ1v) is 9.98. The van der Waals surface area contributed by atoms with Gasteiger partial charge in [0.1, 0.15) is 6.17 Å². The Morgan fingerprint density at radius 3 is 1.83 bits per heavy atom. The van der Waals surface area contributed by atoms with Crippen molar-refractivity contribution in [3.63, 3.8) is 0 Å². The molecule has 4 unspecified atom stereocenters. The third-order valence-corrected chi connectivity index (χ3v) is 6.92. The Hall–Kier alpha value is -0.180. The van der Waals surface area contributed by atoms with E-state index >= 15 is 0 Å². The Bertz CT molecular complexity index is 359. The molecule has 0 aromatic heterocycles. The van der Waals surface area contributed by atoms with E-state index in [1.54, 1.807) is 0 Å². The van der Waals surface area contributed by atoms with Gasteiger partial charge in [0, 0.05) is 0 Å². The van der Waals surface area contributed by atoms with Gasteiger partial charge in [0.05, 0.1) is 12.2 Å². The van der Waals surface area contributed by atoms with E-state index in [-0.39, 0.29) is 12.0 Å². The molecule has 0 bridgehead atoms. The average molecular weight is 328 g/mol. The summed E-state index contributed by atoms with van der Waals surface area (Å²) in [5.41, 5.74) is 0. The van der Waals surface area contributed by atoms with Gasteiger partial charge in [-0.2, -0.15) is 0 Å². The third kappa shape index (κ3) is 4.27. The lowest BCUT2D eigenvalue weighted by Gasteiger charge is -2.40. The highest BCUT2D eigenvalue weighted by Gasteiger charge is 2.40. The van der Waals surface area contributed by atoms with Crippen LogP contribution in [0.3, 0.4) is 0 Å². The normalized spacial score (nSPS) is 49.0. The van der Waals surface area contributed by atoms with Gasteiger partial charge in [-0.1, -0.05) is 26.7 Å². The van der Waals surface area contributed by atoms with E-state index in [0.29, 0.717) is 6.42 Å². The first-order valence-electron chi connectivity index (χ1n) is 9.98. The number of halogens is 2. The van der Waals surface area contributed by atoms with Crippen LogP contribution in [0.5, 0.6) is 0 Å². The van der Waals surface area contributed by atoms with Crippen LogP contribution in [-0.4, -0.2) is 24.6 Å². The van der Waals surface area contributed by atoms with E-state index in [1.165, 1.54) is 38.5 Å². The molecule has 3 fully saturated rings. The van der Waals surface area contributed by atoms with E-state index < -0.39 is 18.4 Å². The molecule has 3 rings (SSSR count). The lowest BCUT2D eigenvalue weighted by molar-refractivity contribution is -0.115. The minimum atomic E-state index is -1.42. The lowest BCUT2D eigenvalue weighted by atomic mass is 9.71. The lowest BCUT2D eigenvalue weighted by Crippen LogP contribution is -2.44. The van der Waals surface area contributed by atoms with Crippen LogP contribution in [-0.2, 0) is 4.74 Å². The molecule has 0 saturated heterocycles. The Kier molecular flexibility index (Phi) is 5.98. The molecular formula is C20H34F2O. The Morgan fingerprint density at radius 1 is 0.652 bits per heavy atom. The van der Waals surface area contributed by atoms with Gasteiger partial charge in [0.15, 0.2) is 6.17 Å². The molecule has 0 aliphatic heterocycles. The van der Waals surface area contributed by atoms with Crippen molar-refractivity contribution < 1.29 is 13.5 Å². The van der Waals surface area contributed by atoms with Gasteiger partial charge >= 0.3 is 0 Å². The van der Waals surface area contributed by atoms with E-state index in [9.17, 15) is 8.78 Å². The van der Waals surface area contributed by atoms with E-state index in [4.69, 9.17) is 4.74 Å². The summed E-state index contributed by atoms with van der Waals surface area (Å²) >= 11 is 0. The zero-order valence-corrected chi connectivity index (χ0v) is 14.9. The monoisotopic (exact) mass is 328 g/mol. The molecule has 0 aromatic carbocycles. The van der Waals surface area contributed by atoms with Crippen LogP contribution in [0, 0.1) is 23.7 Å². The predicted octanol–water partition coefficient (Wildman–Crippen LogP) is 5.86. The van der Waals surface area contributed by atoms with Gasteiger partial charge in [0.2, 0.25) is 0 Å². The van der Waals surface area contributed by atoms with Crippen molar-refractivity contribution in [2.45, 2.75) is 103 Å². The number of hydrogen-bond acceptors (Lipinski definition) is 1. The fourth-order valence-corrected chi connectivity index (χ4v) is 5.11. The summed E-state index contributed by atoms with van der Waals surface area (Å²) in [7, 11) is 0. The molecule has 3 heteroatoms. The molecule has 3 saturated carbocycles. The summed E-state index contributed by atoms with van der Waals surface area (Å²) in [6, 6.07) is 0. The van der Waals surface area contributed by atoms with Crippen molar-refractivity contribution in [1.29, 1.82) is 0 Å². The van der Waals surface area contributed by atoms with Crippen LogP contribution in [0.4, 0.5) is 8.78 Å². The van der Waals surface area contributed by atoms with Gasteiger partial charge in [-0.25, -0.2) is 8.78 Å². The van der Waals surface area contributed by atoms with Crippen molar-refractivity contribution in [1.82, 2.24) is 0 Å². The second-order valence-corrected chi connectivity index (χ2v) is 8.67. The van der Waals surface area contributed by atoms with E-state index in [1.807, 2.05) is 6.92 Å². The molecular weight excluding hydrogens is 294 g/mol. The van der Waals surface area contributed by atoms with E-state index in [0.717, 1.165) is 37.0 Å². The number of rotatable bonds is 3. The number of hydrogen-bond donors (Lipinski definition) is 0. The molecule has 0 radical (unpaired) electrons. The number of alkyl halides is 2. The third-order valence-electron chi connectivity index (χ3n) is 6.92. The second-order valence-electron chi connectivity index (χ2n) is 8.67. The van der Waals surface area contributed by atoms with Crippen molar-refractivity contribution in [3.05, 3.63) is 0 Å². The van der Waals surface area contributed by atoms with Crippen LogP contribution >= 0.6 is 0 Å². The maximum Gasteiger partial charge on any atom is 0.157 e. The molecule has 1 nitrogen and oxygen atoms in total. The Morgan fingerprint density at radius 2 is 1.22 bits per heavy atom. The van der Waals surface area contributed by atoms with Crippen LogP contribution in [0.1, 0.15) is 78.1 Å². The minimum absolute atomic E-state index is 0.158. The number of ether oxygens (including phenoxy) is 1. The highest BCUT2D eigenvalue weighted by Crippen LogP contribution is 2.41. The molecule has 0 heterocycles. The summed E-state index contributed by atoms with van der Waals surface area (Å²) in [6.07, 6.45) is 8.46. The fourth-order valence-electron chi connectivity index (χ4n) is 5.11. The smallest absolute Gasteiger partial charge is 0.157 e. The van der Waals surface area contributed by atoms with Gasteiger partial charge in [-0.15, -0.1) is 0 Å². The maximum atomic E-state index is 14.2. The first kappa shape index (κ1) is 17.6. The quantitative estimate of drug-likeness (QED) is 0.630. The molecule has 3 aliphatic rings. The minimum Gasteiger partial charge on any atom is -0.372 e. The Labute approximate surface area is 140 Å². The van der Waals surface area contributed by atoms with Crippen molar-refractivity contribution >= 4 is 0 Å². The zero-order valence-electron chi connectivity index (χ0n) is 14.9. The van der Waals surface area contributed by atoms with Gasteiger partial charge in [-0.3, -0.25) is 0 Å². The topological polar surface area (TPSA) is 9.23 Å². The molecule has 134 valence electrons. The SMILES string of the molecule is CC1CCC(C2CCC(OC3CCC(C)C(F)C3F)CC2)CC1. The van der Waals surface area contributed by atoms with Crippen LogP contribution in [0.2, 0.25) is 0 Å². The van der Waals surface area contributed by atoms with Crippen molar-refractivity contribution in [2.75, 3.05) is 0 Å². The molecule has 0 spiro atoms. The summed E-state index contributed by atoms with van der Waals surface area (Å²) in [5.74, 6) is 2.51. The summed E-state index contributed by atoms with van der Waals surface area (Å²) < 4.78 is 34.0. The largest absolute Gasteiger partial charge is 0.372 e. The summed E-state index contributed by atoms with van der Waals surface area (Å²) in [6.45, 7) is 4.18. The standard InChI is InChI=1S/C20H34F2O/c1-13-3-6-15(7-4-13)16-8-10-17(11-9-16)23-18-12-5-14(2)19(21)20(18)22/h13-20H,3-12H2,1-2H3. The second kappa shape index (κ2) is 7.80. The Balaban J connectivity index is 1.42. The molecule has 0 N–H and O–H groups in total. The maximum absolute atomic E-state index is 14.2. The first-order chi connectivity index (χ1) is 11.0. The van der Waals surface area contributed by atoms with E-state index in [2.05, 4.69) is 6.92 Å². The fraction of sp³-hybridized carbons (Fsp3) is 1.00. The molecule has 0 amide bonds. The highest BCUT2D eigenvalue weighted by molar-refractivity contribution is 4.89. The average Bonchev–Trinajstić information content (AvgIpc) is 2.57. The van der Waals surface area contributed by atoms with Crippen molar-refractivity contribution in [3.8, 4) is 0 Å². The zero-order chi connectivity index (χ0) is 16.4. The van der Waals surface area contributed by atoms with Gasteiger partial charge in [-0.05, 0) is 75.0 Å². The van der Waals surface area contributed by atoms with Crippen LogP contribution in [0.15, 0.2) is 0 Å².